The number of hydrogen-bond donors (Lipinski definition) is 1. The third kappa shape index (κ3) is 3.20. The molecule has 0 aromatic rings. The molecule has 1 saturated heterocycles. The molecule has 0 radical (unpaired) electrons. The number of piperazine rings is 1. The van der Waals surface area contributed by atoms with Crippen LogP contribution in [0.2, 0.25) is 0 Å². The summed E-state index contributed by atoms with van der Waals surface area (Å²) in [5, 5.41) is 3.03. The fraction of sp³-hybridized carbons (Fsp3) is 0.800. The molecule has 0 bridgehead atoms. The van der Waals surface area contributed by atoms with Crippen molar-refractivity contribution in [3.05, 3.63) is 0 Å². The summed E-state index contributed by atoms with van der Waals surface area (Å²) in [6.07, 6.45) is 0.128. The van der Waals surface area contributed by atoms with Gasteiger partial charge in [0.1, 0.15) is 0 Å². The zero-order chi connectivity index (χ0) is 11.3. The van der Waals surface area contributed by atoms with Gasteiger partial charge in [-0.1, -0.05) is 0 Å². The second-order valence-corrected chi connectivity index (χ2v) is 3.43. The van der Waals surface area contributed by atoms with E-state index in [0.717, 1.165) is 6.54 Å². The lowest BCUT2D eigenvalue weighted by atomic mass is 10.1. The molecule has 15 heavy (non-hydrogen) atoms. The highest BCUT2D eigenvalue weighted by molar-refractivity contribution is 5.87. The number of amides is 1. The minimum Gasteiger partial charge on any atom is -0.466 e. The van der Waals surface area contributed by atoms with Gasteiger partial charge in [0.2, 0.25) is 5.91 Å². The molecule has 0 spiro atoms. The van der Waals surface area contributed by atoms with E-state index in [0.29, 0.717) is 19.7 Å². The Hall–Kier alpha value is -1.10. The van der Waals surface area contributed by atoms with Crippen LogP contribution < -0.4 is 5.32 Å². The van der Waals surface area contributed by atoms with Crippen molar-refractivity contribution in [2.24, 2.45) is 0 Å². The van der Waals surface area contributed by atoms with E-state index in [1.165, 1.54) is 0 Å². The summed E-state index contributed by atoms with van der Waals surface area (Å²) in [4.78, 5) is 24.7. The Kier molecular flexibility index (Phi) is 4.55. The van der Waals surface area contributed by atoms with Crippen LogP contribution in [0, 0.1) is 0 Å². The Bertz CT molecular complexity index is 243. The minimum absolute atomic E-state index is 0.00296. The Morgan fingerprint density at radius 1 is 1.60 bits per heavy atom. The molecule has 1 fully saturated rings. The summed E-state index contributed by atoms with van der Waals surface area (Å²) in [5.41, 5.74) is 0. The molecule has 1 heterocycles. The lowest BCUT2D eigenvalue weighted by Gasteiger charge is -2.31. The highest BCUT2D eigenvalue weighted by Crippen LogP contribution is 2.05. The quantitative estimate of drug-likeness (QED) is 0.656. The van der Waals surface area contributed by atoms with Crippen molar-refractivity contribution in [2.75, 3.05) is 26.2 Å². The number of nitrogens with zero attached hydrogens (tertiary/aromatic N) is 1. The van der Waals surface area contributed by atoms with Gasteiger partial charge in [-0.15, -0.1) is 0 Å². The van der Waals surface area contributed by atoms with Crippen LogP contribution in [0.5, 0.6) is 0 Å². The average molecular weight is 214 g/mol. The smallest absolute Gasteiger partial charge is 0.307 e. The van der Waals surface area contributed by atoms with Gasteiger partial charge in [0.25, 0.3) is 0 Å². The molecule has 0 aliphatic carbocycles. The van der Waals surface area contributed by atoms with E-state index in [9.17, 15) is 9.59 Å². The molecule has 0 aromatic carbocycles. The van der Waals surface area contributed by atoms with Crippen molar-refractivity contribution in [1.82, 2.24) is 10.2 Å². The van der Waals surface area contributed by atoms with E-state index in [2.05, 4.69) is 5.32 Å². The SMILES string of the molecule is CCOC(=O)CC1NCCN(CC)C1=O. The standard InChI is InChI=1S/C10H18N2O3/c1-3-12-6-5-11-8(10(12)14)7-9(13)15-4-2/h8,11H,3-7H2,1-2H3. The van der Waals surface area contributed by atoms with Gasteiger partial charge in [-0.05, 0) is 13.8 Å². The molecule has 1 amide bonds. The summed E-state index contributed by atoms with van der Waals surface area (Å²) >= 11 is 0. The molecule has 1 aliphatic rings. The molecule has 1 aliphatic heterocycles. The second-order valence-electron chi connectivity index (χ2n) is 3.43. The number of rotatable bonds is 4. The second kappa shape index (κ2) is 5.70. The Morgan fingerprint density at radius 3 is 2.93 bits per heavy atom. The van der Waals surface area contributed by atoms with E-state index in [1.807, 2.05) is 6.92 Å². The molecule has 0 aromatic heterocycles. The number of esters is 1. The lowest BCUT2D eigenvalue weighted by molar-refractivity contribution is -0.148. The normalized spacial score (nSPS) is 21.6. The van der Waals surface area contributed by atoms with Gasteiger partial charge in [0.05, 0.1) is 19.1 Å². The number of carbonyl (C=O) groups is 2. The Labute approximate surface area is 89.8 Å². The van der Waals surface area contributed by atoms with Crippen molar-refractivity contribution in [2.45, 2.75) is 26.3 Å². The van der Waals surface area contributed by atoms with Crippen molar-refractivity contribution < 1.29 is 14.3 Å². The van der Waals surface area contributed by atoms with Crippen molar-refractivity contribution >= 4 is 11.9 Å². The largest absolute Gasteiger partial charge is 0.466 e. The van der Waals surface area contributed by atoms with Crippen LogP contribution in [-0.4, -0.2) is 49.1 Å². The highest BCUT2D eigenvalue weighted by atomic mass is 16.5. The lowest BCUT2D eigenvalue weighted by Crippen LogP contribution is -2.55. The monoisotopic (exact) mass is 214 g/mol. The number of carbonyl (C=O) groups excluding carboxylic acids is 2. The number of ether oxygens (including phenoxy) is 1. The fourth-order valence-corrected chi connectivity index (χ4v) is 1.65. The molecule has 1 atom stereocenters. The molecule has 86 valence electrons. The molecule has 1 unspecified atom stereocenters. The third-order valence-electron chi connectivity index (χ3n) is 2.44. The van der Waals surface area contributed by atoms with Crippen molar-refractivity contribution in [3.8, 4) is 0 Å². The first-order valence-corrected chi connectivity index (χ1v) is 5.36. The van der Waals surface area contributed by atoms with Gasteiger partial charge < -0.3 is 15.0 Å². The maximum atomic E-state index is 11.8. The van der Waals surface area contributed by atoms with Crippen LogP contribution in [0.1, 0.15) is 20.3 Å². The van der Waals surface area contributed by atoms with Crippen molar-refractivity contribution in [3.63, 3.8) is 0 Å². The van der Waals surface area contributed by atoms with Gasteiger partial charge in [0, 0.05) is 19.6 Å². The Balaban J connectivity index is 2.47. The molecule has 5 heteroatoms. The maximum Gasteiger partial charge on any atom is 0.307 e. The average Bonchev–Trinajstić information content (AvgIpc) is 2.21. The van der Waals surface area contributed by atoms with E-state index in [1.54, 1.807) is 11.8 Å². The minimum atomic E-state index is -0.405. The van der Waals surface area contributed by atoms with Gasteiger partial charge in [-0.2, -0.15) is 0 Å². The van der Waals surface area contributed by atoms with Crippen molar-refractivity contribution in [1.29, 1.82) is 0 Å². The molecule has 5 nitrogen and oxygen atoms in total. The third-order valence-corrected chi connectivity index (χ3v) is 2.44. The Morgan fingerprint density at radius 2 is 2.33 bits per heavy atom. The van der Waals surface area contributed by atoms with E-state index >= 15 is 0 Å². The first kappa shape index (κ1) is 12.0. The predicted molar refractivity (Wildman–Crippen MR) is 55.3 cm³/mol. The molecular weight excluding hydrogens is 196 g/mol. The van der Waals surface area contributed by atoms with E-state index < -0.39 is 6.04 Å². The first-order valence-electron chi connectivity index (χ1n) is 5.36. The zero-order valence-electron chi connectivity index (χ0n) is 9.28. The van der Waals surface area contributed by atoms with Crippen LogP contribution >= 0.6 is 0 Å². The molecule has 1 rings (SSSR count). The number of likely N-dealkylation sites (N-methyl/N-ethyl adjacent to an activating group) is 1. The number of hydrogen-bond acceptors (Lipinski definition) is 4. The van der Waals surface area contributed by atoms with Crippen LogP contribution in [-0.2, 0) is 14.3 Å². The predicted octanol–water partition coefficient (Wildman–Crippen LogP) is -0.240. The maximum absolute atomic E-state index is 11.8. The summed E-state index contributed by atoms with van der Waals surface area (Å²) in [6.45, 7) is 6.20. The van der Waals surface area contributed by atoms with Crippen LogP contribution in [0.25, 0.3) is 0 Å². The summed E-state index contributed by atoms with van der Waals surface area (Å²) in [5.74, 6) is -0.321. The van der Waals surface area contributed by atoms with Gasteiger partial charge >= 0.3 is 5.97 Å². The van der Waals surface area contributed by atoms with Gasteiger partial charge in [-0.3, -0.25) is 9.59 Å². The van der Waals surface area contributed by atoms with Crippen LogP contribution in [0.3, 0.4) is 0 Å². The molecule has 0 saturated carbocycles. The first-order chi connectivity index (χ1) is 7.19. The van der Waals surface area contributed by atoms with Gasteiger partial charge in [0.15, 0.2) is 0 Å². The number of nitrogens with one attached hydrogen (secondary N) is 1. The fourth-order valence-electron chi connectivity index (χ4n) is 1.65. The van der Waals surface area contributed by atoms with E-state index in [-0.39, 0.29) is 18.3 Å². The van der Waals surface area contributed by atoms with Crippen LogP contribution in [0.4, 0.5) is 0 Å². The van der Waals surface area contributed by atoms with Gasteiger partial charge in [-0.25, -0.2) is 0 Å². The summed E-state index contributed by atoms with van der Waals surface area (Å²) in [7, 11) is 0. The zero-order valence-corrected chi connectivity index (χ0v) is 9.28. The molecular formula is C10H18N2O3. The summed E-state index contributed by atoms with van der Waals surface area (Å²) in [6, 6.07) is -0.405. The highest BCUT2D eigenvalue weighted by Gasteiger charge is 2.29. The summed E-state index contributed by atoms with van der Waals surface area (Å²) < 4.78 is 4.81. The van der Waals surface area contributed by atoms with Crippen LogP contribution in [0.15, 0.2) is 0 Å². The topological polar surface area (TPSA) is 58.6 Å². The molecule has 1 N–H and O–H groups in total. The van der Waals surface area contributed by atoms with E-state index in [4.69, 9.17) is 4.74 Å².